The Bertz CT molecular complexity index is 490. The van der Waals surface area contributed by atoms with Crippen molar-refractivity contribution in [3.05, 3.63) is 23.8 Å². The quantitative estimate of drug-likeness (QED) is 0.461. The van der Waals surface area contributed by atoms with E-state index in [0.717, 1.165) is 17.7 Å². The lowest BCUT2D eigenvalue weighted by atomic mass is 10.2. The fraction of sp³-hybridized carbons (Fsp3) is 0.467. The Balaban J connectivity index is 2.65. The highest BCUT2D eigenvalue weighted by molar-refractivity contribution is 7.80. The molecule has 0 saturated carbocycles. The van der Waals surface area contributed by atoms with Gasteiger partial charge in [-0.15, -0.1) is 0 Å². The zero-order valence-electron chi connectivity index (χ0n) is 13.0. The van der Waals surface area contributed by atoms with Gasteiger partial charge < -0.3 is 14.8 Å². The van der Waals surface area contributed by atoms with Gasteiger partial charge in [-0.2, -0.15) is 5.10 Å². The van der Waals surface area contributed by atoms with Gasteiger partial charge in [0.2, 0.25) is 0 Å². The number of hydrogen-bond donors (Lipinski definition) is 2. The third kappa shape index (κ3) is 6.44. The van der Waals surface area contributed by atoms with Gasteiger partial charge in [0.25, 0.3) is 0 Å². The van der Waals surface area contributed by atoms with Crippen molar-refractivity contribution in [2.45, 2.75) is 33.2 Å². The molecule has 0 unspecified atom stereocenters. The lowest BCUT2D eigenvalue weighted by Gasteiger charge is -2.11. The number of rotatable bonds is 7. The summed E-state index contributed by atoms with van der Waals surface area (Å²) in [7, 11) is 1.62. The van der Waals surface area contributed by atoms with Crippen LogP contribution in [0.2, 0.25) is 0 Å². The first kappa shape index (κ1) is 17.2. The fourth-order valence-corrected chi connectivity index (χ4v) is 1.84. The van der Waals surface area contributed by atoms with Crippen molar-refractivity contribution in [2.24, 2.45) is 5.10 Å². The first-order valence-electron chi connectivity index (χ1n) is 6.97. The summed E-state index contributed by atoms with van der Waals surface area (Å²) in [6.07, 6.45) is 2.64. The number of ether oxygens (including phenoxy) is 2. The molecule has 0 aliphatic rings. The lowest BCUT2D eigenvalue weighted by molar-refractivity contribution is 0.294. The van der Waals surface area contributed by atoms with Gasteiger partial charge in [-0.05, 0) is 56.2 Å². The number of hydrazone groups is 1. The highest BCUT2D eigenvalue weighted by atomic mass is 32.1. The van der Waals surface area contributed by atoms with E-state index in [0.29, 0.717) is 17.5 Å². The molecule has 6 heteroatoms. The molecule has 0 spiro atoms. The van der Waals surface area contributed by atoms with Crippen molar-refractivity contribution in [1.29, 1.82) is 0 Å². The minimum atomic E-state index is 0.273. The second kappa shape index (κ2) is 9.18. The Morgan fingerprint density at radius 1 is 1.38 bits per heavy atom. The van der Waals surface area contributed by atoms with Gasteiger partial charge in [0.15, 0.2) is 16.6 Å². The topological polar surface area (TPSA) is 54.9 Å². The van der Waals surface area contributed by atoms with E-state index in [4.69, 9.17) is 21.7 Å². The van der Waals surface area contributed by atoms with Gasteiger partial charge in [0.1, 0.15) is 0 Å². The Hall–Kier alpha value is -1.82. The van der Waals surface area contributed by atoms with Crippen LogP contribution in [0.25, 0.3) is 0 Å². The summed E-state index contributed by atoms with van der Waals surface area (Å²) < 4.78 is 10.9. The van der Waals surface area contributed by atoms with Crippen LogP contribution in [0.3, 0.4) is 0 Å². The summed E-state index contributed by atoms with van der Waals surface area (Å²) in [4.78, 5) is 0. The van der Waals surface area contributed by atoms with Crippen molar-refractivity contribution in [2.75, 3.05) is 13.7 Å². The molecular weight excluding hydrogens is 286 g/mol. The van der Waals surface area contributed by atoms with E-state index in [1.54, 1.807) is 13.3 Å². The number of hydrogen-bond acceptors (Lipinski definition) is 4. The van der Waals surface area contributed by atoms with Crippen LogP contribution in [0.5, 0.6) is 11.5 Å². The van der Waals surface area contributed by atoms with Crippen LogP contribution < -0.4 is 20.2 Å². The summed E-state index contributed by atoms with van der Waals surface area (Å²) >= 11 is 5.08. The van der Waals surface area contributed by atoms with Crippen LogP contribution in [0, 0.1) is 0 Å². The summed E-state index contributed by atoms with van der Waals surface area (Å²) in [5, 5.41) is 7.63. The Morgan fingerprint density at radius 2 is 2.14 bits per heavy atom. The SMILES string of the molecule is CCCOc1ccc(/C=N\NC(=S)NC(C)C)cc1OC. The van der Waals surface area contributed by atoms with Crippen LogP contribution in [-0.2, 0) is 0 Å². The molecule has 0 fully saturated rings. The van der Waals surface area contributed by atoms with Crippen LogP contribution in [0.4, 0.5) is 0 Å². The molecule has 0 atom stereocenters. The second-order valence-corrected chi connectivity index (χ2v) is 5.17. The highest BCUT2D eigenvalue weighted by Gasteiger charge is 2.04. The van der Waals surface area contributed by atoms with E-state index in [-0.39, 0.29) is 6.04 Å². The van der Waals surface area contributed by atoms with Crippen LogP contribution in [-0.4, -0.2) is 31.1 Å². The number of nitrogens with one attached hydrogen (secondary N) is 2. The minimum absolute atomic E-state index is 0.273. The van der Waals surface area contributed by atoms with E-state index >= 15 is 0 Å². The largest absolute Gasteiger partial charge is 0.493 e. The predicted molar refractivity (Wildman–Crippen MR) is 90.4 cm³/mol. The summed E-state index contributed by atoms with van der Waals surface area (Å²) in [6, 6.07) is 5.93. The zero-order valence-corrected chi connectivity index (χ0v) is 13.8. The Labute approximate surface area is 131 Å². The van der Waals surface area contributed by atoms with Crippen molar-refractivity contribution in [3.63, 3.8) is 0 Å². The smallest absolute Gasteiger partial charge is 0.187 e. The maximum atomic E-state index is 5.60. The van der Waals surface area contributed by atoms with Gasteiger partial charge in [0.05, 0.1) is 19.9 Å². The van der Waals surface area contributed by atoms with E-state index in [2.05, 4.69) is 22.8 Å². The third-order valence-electron chi connectivity index (χ3n) is 2.45. The molecule has 0 heterocycles. The first-order chi connectivity index (χ1) is 10.1. The van der Waals surface area contributed by atoms with E-state index in [9.17, 15) is 0 Å². The first-order valence-corrected chi connectivity index (χ1v) is 7.38. The molecule has 0 bridgehead atoms. The number of benzene rings is 1. The average molecular weight is 309 g/mol. The molecule has 1 aromatic carbocycles. The van der Waals surface area contributed by atoms with E-state index in [1.165, 1.54) is 0 Å². The van der Waals surface area contributed by atoms with Gasteiger partial charge in [-0.25, -0.2) is 0 Å². The number of thiocarbonyl (C=S) groups is 1. The van der Waals surface area contributed by atoms with Crippen LogP contribution in [0.1, 0.15) is 32.8 Å². The van der Waals surface area contributed by atoms with Gasteiger partial charge in [-0.1, -0.05) is 6.92 Å². The van der Waals surface area contributed by atoms with E-state index in [1.807, 2.05) is 32.0 Å². The molecule has 0 aromatic heterocycles. The normalized spacial score (nSPS) is 10.7. The fourth-order valence-electron chi connectivity index (χ4n) is 1.56. The predicted octanol–water partition coefficient (Wildman–Crippen LogP) is 2.69. The highest BCUT2D eigenvalue weighted by Crippen LogP contribution is 2.27. The molecular formula is C15H23N3O2S. The molecule has 5 nitrogen and oxygen atoms in total. The summed E-state index contributed by atoms with van der Waals surface area (Å²) in [5.74, 6) is 1.43. The van der Waals surface area contributed by atoms with Crippen molar-refractivity contribution in [1.82, 2.24) is 10.7 Å². The molecule has 0 aliphatic heterocycles. The molecule has 2 N–H and O–H groups in total. The molecule has 0 radical (unpaired) electrons. The average Bonchev–Trinajstić information content (AvgIpc) is 2.44. The monoisotopic (exact) mass is 309 g/mol. The number of methoxy groups -OCH3 is 1. The standard InChI is InChI=1S/C15H23N3O2S/c1-5-8-20-13-7-6-12(9-14(13)19-4)10-16-18-15(21)17-11(2)3/h6-7,9-11H,5,8H2,1-4H3,(H2,17,18,21)/b16-10-. The van der Waals surface area contributed by atoms with Crippen molar-refractivity contribution in [3.8, 4) is 11.5 Å². The maximum absolute atomic E-state index is 5.60. The Morgan fingerprint density at radius 3 is 2.76 bits per heavy atom. The molecule has 0 aliphatic carbocycles. The summed E-state index contributed by atoms with van der Waals surface area (Å²) in [6.45, 7) is 6.75. The van der Waals surface area contributed by atoms with Crippen molar-refractivity contribution >= 4 is 23.5 Å². The molecule has 1 rings (SSSR count). The molecule has 0 saturated heterocycles. The third-order valence-corrected chi connectivity index (χ3v) is 2.66. The van der Waals surface area contributed by atoms with Crippen molar-refractivity contribution < 1.29 is 9.47 Å². The zero-order chi connectivity index (χ0) is 15.7. The minimum Gasteiger partial charge on any atom is -0.493 e. The maximum Gasteiger partial charge on any atom is 0.187 e. The number of nitrogens with zero attached hydrogens (tertiary/aromatic N) is 1. The van der Waals surface area contributed by atoms with Crippen LogP contribution >= 0.6 is 12.2 Å². The van der Waals surface area contributed by atoms with Crippen LogP contribution in [0.15, 0.2) is 23.3 Å². The molecule has 0 amide bonds. The second-order valence-electron chi connectivity index (χ2n) is 4.76. The molecule has 21 heavy (non-hydrogen) atoms. The van der Waals surface area contributed by atoms with Gasteiger partial charge in [-0.3, -0.25) is 5.43 Å². The van der Waals surface area contributed by atoms with E-state index < -0.39 is 0 Å². The molecule has 116 valence electrons. The van der Waals surface area contributed by atoms with Gasteiger partial charge in [0, 0.05) is 6.04 Å². The summed E-state index contributed by atoms with van der Waals surface area (Å²) in [5.41, 5.74) is 3.67. The lowest BCUT2D eigenvalue weighted by Crippen LogP contribution is -2.36. The Kier molecular flexibility index (Phi) is 7.53. The molecule has 1 aromatic rings. The van der Waals surface area contributed by atoms with Gasteiger partial charge >= 0.3 is 0 Å².